The molecular formula is C8H11Li. The summed E-state index contributed by atoms with van der Waals surface area (Å²) in [6.45, 7) is 5.00. The Morgan fingerprint density at radius 3 is 0.889 bits per heavy atom. The Kier molecular flexibility index (Phi) is 13.8. The van der Waals surface area contributed by atoms with Crippen LogP contribution in [-0.4, -0.2) is 0 Å². The van der Waals surface area contributed by atoms with Crippen molar-refractivity contribution in [2.45, 2.75) is 6.92 Å². The molecule has 0 fully saturated rings. The second kappa shape index (κ2) is 10.7. The van der Waals surface area contributed by atoms with Crippen LogP contribution in [0.4, 0.5) is 0 Å². The minimum Gasteiger partial charge on any atom is -0.346 e. The summed E-state index contributed by atoms with van der Waals surface area (Å²) in [7, 11) is 0. The number of rotatable bonds is 0. The third kappa shape index (κ3) is 7.82. The third-order valence-electron chi connectivity index (χ3n) is 0.667. The van der Waals surface area contributed by atoms with E-state index in [1.807, 2.05) is 36.4 Å². The van der Waals surface area contributed by atoms with E-state index in [0.29, 0.717) is 0 Å². The summed E-state index contributed by atoms with van der Waals surface area (Å²) in [6, 6.07) is 12.0. The number of hydrogen-bond donors (Lipinski definition) is 0. The average Bonchev–Trinajstić information content (AvgIpc) is 1.96. The summed E-state index contributed by atoms with van der Waals surface area (Å²) in [4.78, 5) is 0. The van der Waals surface area contributed by atoms with Gasteiger partial charge in [0, 0.05) is 0 Å². The Hall–Kier alpha value is -0.183. The Labute approximate surface area is 69.5 Å². The van der Waals surface area contributed by atoms with Gasteiger partial charge in [-0.3, -0.25) is 0 Å². The Balaban J connectivity index is 0. The van der Waals surface area contributed by atoms with Gasteiger partial charge in [0.25, 0.3) is 0 Å². The molecule has 44 valence electrons. The molecule has 0 aliphatic heterocycles. The number of benzene rings is 1. The molecule has 1 aromatic carbocycles. The van der Waals surface area contributed by atoms with Crippen LogP contribution in [0.2, 0.25) is 0 Å². The first-order chi connectivity index (χ1) is 4.00. The van der Waals surface area contributed by atoms with E-state index >= 15 is 0 Å². The summed E-state index contributed by atoms with van der Waals surface area (Å²) < 4.78 is 0. The quantitative estimate of drug-likeness (QED) is 0.316. The van der Waals surface area contributed by atoms with E-state index in [2.05, 4.69) is 6.92 Å². The van der Waals surface area contributed by atoms with Gasteiger partial charge in [-0.15, -0.1) is 0 Å². The van der Waals surface area contributed by atoms with Crippen molar-refractivity contribution in [2.24, 2.45) is 0 Å². The molecular weight excluding hydrogens is 103 g/mol. The van der Waals surface area contributed by atoms with Gasteiger partial charge in [0.15, 0.2) is 0 Å². The first-order valence-electron chi connectivity index (χ1n) is 2.71. The summed E-state index contributed by atoms with van der Waals surface area (Å²) in [5, 5.41) is 0. The zero-order valence-corrected chi connectivity index (χ0v) is 6.17. The van der Waals surface area contributed by atoms with Gasteiger partial charge in [-0.2, -0.15) is 6.92 Å². The van der Waals surface area contributed by atoms with Crippen molar-refractivity contribution in [3.05, 3.63) is 43.3 Å². The molecule has 0 aromatic heterocycles. The summed E-state index contributed by atoms with van der Waals surface area (Å²) in [6.07, 6.45) is 0. The van der Waals surface area contributed by atoms with Gasteiger partial charge in [-0.25, -0.2) is 0 Å². The van der Waals surface area contributed by atoms with Crippen molar-refractivity contribution >= 4 is 0 Å². The van der Waals surface area contributed by atoms with Crippen LogP contribution in [0.5, 0.6) is 0 Å². The Morgan fingerprint density at radius 1 is 0.667 bits per heavy atom. The molecule has 0 radical (unpaired) electrons. The number of hydrogen-bond acceptors (Lipinski definition) is 0. The monoisotopic (exact) mass is 114 g/mol. The van der Waals surface area contributed by atoms with Crippen molar-refractivity contribution in [3.8, 4) is 0 Å². The minimum atomic E-state index is 0. The van der Waals surface area contributed by atoms with Crippen molar-refractivity contribution in [2.75, 3.05) is 0 Å². The second-order valence-electron chi connectivity index (χ2n) is 1.15. The smallest absolute Gasteiger partial charge is 0.346 e. The predicted molar refractivity (Wildman–Crippen MR) is 37.5 cm³/mol. The van der Waals surface area contributed by atoms with Crippen LogP contribution in [0.15, 0.2) is 36.4 Å². The van der Waals surface area contributed by atoms with Gasteiger partial charge < -0.3 is 6.92 Å². The van der Waals surface area contributed by atoms with Crippen molar-refractivity contribution in [1.29, 1.82) is 0 Å². The Morgan fingerprint density at radius 2 is 0.778 bits per heavy atom. The fraction of sp³-hybridized carbons (Fsp3) is 0.125. The molecule has 0 spiro atoms. The molecule has 0 aliphatic carbocycles. The maximum Gasteiger partial charge on any atom is 1.00 e. The molecule has 0 amide bonds. The predicted octanol–water partition coefficient (Wildman–Crippen LogP) is -0.469. The summed E-state index contributed by atoms with van der Waals surface area (Å²) in [5.74, 6) is 0. The van der Waals surface area contributed by atoms with Crippen LogP contribution in [0.25, 0.3) is 0 Å². The Bertz CT molecular complexity index is 76.5. The van der Waals surface area contributed by atoms with Crippen molar-refractivity contribution in [3.63, 3.8) is 0 Å². The zero-order chi connectivity index (χ0) is 6.24. The third-order valence-corrected chi connectivity index (χ3v) is 0.667. The SMILES string of the molecule is [CH2-]C.[Li+].c1ccccc1. The standard InChI is InChI=1S/C6H6.C2H5.Li/c1-2-4-6-5-3-1;1-2;/h1-6H;1H2,2H3;/q;-1;+1. The largest absolute Gasteiger partial charge is 1.00 e. The van der Waals surface area contributed by atoms with Gasteiger partial charge in [-0.1, -0.05) is 36.4 Å². The van der Waals surface area contributed by atoms with E-state index in [0.717, 1.165) is 0 Å². The van der Waals surface area contributed by atoms with Crippen LogP contribution in [0.1, 0.15) is 6.92 Å². The van der Waals surface area contributed by atoms with Crippen LogP contribution >= 0.6 is 0 Å². The molecule has 9 heavy (non-hydrogen) atoms. The molecule has 1 heteroatoms. The molecule has 0 aliphatic rings. The van der Waals surface area contributed by atoms with Gasteiger partial charge >= 0.3 is 18.9 Å². The molecule has 0 unspecified atom stereocenters. The summed E-state index contributed by atoms with van der Waals surface area (Å²) >= 11 is 0. The normalized spacial score (nSPS) is 6.00. The average molecular weight is 114 g/mol. The maximum atomic E-state index is 3.25. The van der Waals surface area contributed by atoms with Gasteiger partial charge in [0.1, 0.15) is 0 Å². The fourth-order valence-electron chi connectivity index (χ4n) is 0.385. The minimum absolute atomic E-state index is 0. The maximum absolute atomic E-state index is 3.25. The van der Waals surface area contributed by atoms with Crippen molar-refractivity contribution < 1.29 is 18.9 Å². The molecule has 0 N–H and O–H groups in total. The molecule has 1 aromatic rings. The zero-order valence-electron chi connectivity index (χ0n) is 6.17. The van der Waals surface area contributed by atoms with E-state index in [1.54, 1.807) is 6.92 Å². The molecule has 1 rings (SSSR count). The summed E-state index contributed by atoms with van der Waals surface area (Å²) in [5.41, 5.74) is 0. The van der Waals surface area contributed by atoms with E-state index < -0.39 is 0 Å². The molecule has 0 saturated carbocycles. The molecule has 0 bridgehead atoms. The van der Waals surface area contributed by atoms with Gasteiger partial charge in [-0.05, 0) is 0 Å². The molecule has 0 heterocycles. The van der Waals surface area contributed by atoms with Gasteiger partial charge in [0.05, 0.1) is 0 Å². The van der Waals surface area contributed by atoms with Crippen molar-refractivity contribution in [1.82, 2.24) is 0 Å². The van der Waals surface area contributed by atoms with Crippen LogP contribution < -0.4 is 18.9 Å². The van der Waals surface area contributed by atoms with E-state index in [-0.39, 0.29) is 18.9 Å². The van der Waals surface area contributed by atoms with E-state index in [1.165, 1.54) is 0 Å². The van der Waals surface area contributed by atoms with Crippen LogP contribution in [0, 0.1) is 6.92 Å². The first-order valence-corrected chi connectivity index (χ1v) is 2.71. The topological polar surface area (TPSA) is 0 Å². The second-order valence-corrected chi connectivity index (χ2v) is 1.15. The van der Waals surface area contributed by atoms with Crippen LogP contribution in [-0.2, 0) is 0 Å². The van der Waals surface area contributed by atoms with E-state index in [9.17, 15) is 0 Å². The molecule has 0 atom stereocenters. The van der Waals surface area contributed by atoms with Gasteiger partial charge in [0.2, 0.25) is 0 Å². The first kappa shape index (κ1) is 11.6. The van der Waals surface area contributed by atoms with Crippen LogP contribution in [0.3, 0.4) is 0 Å². The molecule has 0 nitrogen and oxygen atoms in total. The van der Waals surface area contributed by atoms with E-state index in [4.69, 9.17) is 0 Å². The fourth-order valence-corrected chi connectivity index (χ4v) is 0.385. The molecule has 0 saturated heterocycles.